The maximum Gasteiger partial charge on any atom is 0.0657 e. The summed E-state index contributed by atoms with van der Waals surface area (Å²) in [5, 5.41) is 5.21. The fraction of sp³-hybridized carbons (Fsp3) is 0.182. The number of nitrogens with zero attached hydrogens (tertiary/aromatic N) is 2. The lowest BCUT2D eigenvalue weighted by Crippen LogP contribution is -1.95. The molecule has 4 heteroatoms. The van der Waals surface area contributed by atoms with E-state index in [2.05, 4.69) is 55.2 Å². The van der Waals surface area contributed by atoms with Crippen LogP contribution in [0.5, 0.6) is 0 Å². The van der Waals surface area contributed by atoms with E-state index in [9.17, 15) is 0 Å². The van der Waals surface area contributed by atoms with Gasteiger partial charge in [0.05, 0.1) is 11.4 Å². The lowest BCUT2D eigenvalue weighted by Gasteiger charge is -2.05. The van der Waals surface area contributed by atoms with E-state index in [0.29, 0.717) is 0 Å². The predicted octanol–water partition coefficient (Wildman–Crippen LogP) is 3.84. The van der Waals surface area contributed by atoms with Gasteiger partial charge < -0.3 is 0 Å². The zero-order valence-electron chi connectivity index (χ0n) is 8.24. The Kier molecular flexibility index (Phi) is 3.26. The molecule has 0 atom stereocenters. The van der Waals surface area contributed by atoms with Crippen molar-refractivity contribution >= 4 is 31.9 Å². The third-order valence-electron chi connectivity index (χ3n) is 2.17. The Balaban J connectivity index is 2.42. The standard InChI is InChI=1S/C11H10Br2N2/c1-8-4-5-15(14-8)10-3-2-9(7-12)11(13)6-10/h2-6H,7H2,1H3. The van der Waals surface area contributed by atoms with Crippen LogP contribution in [0.3, 0.4) is 0 Å². The summed E-state index contributed by atoms with van der Waals surface area (Å²) in [7, 11) is 0. The van der Waals surface area contributed by atoms with Crippen molar-refractivity contribution < 1.29 is 0 Å². The molecule has 0 aliphatic carbocycles. The van der Waals surface area contributed by atoms with Crippen LogP contribution in [-0.4, -0.2) is 9.78 Å². The molecule has 78 valence electrons. The van der Waals surface area contributed by atoms with E-state index in [1.807, 2.05) is 23.9 Å². The molecule has 0 unspecified atom stereocenters. The highest BCUT2D eigenvalue weighted by Crippen LogP contribution is 2.22. The molecule has 0 N–H and O–H groups in total. The molecule has 2 nitrogen and oxygen atoms in total. The molecule has 1 aromatic carbocycles. The van der Waals surface area contributed by atoms with Gasteiger partial charge in [-0.05, 0) is 30.7 Å². The topological polar surface area (TPSA) is 17.8 Å². The average molecular weight is 330 g/mol. The van der Waals surface area contributed by atoms with Crippen LogP contribution in [0.1, 0.15) is 11.3 Å². The van der Waals surface area contributed by atoms with Crippen molar-refractivity contribution in [1.29, 1.82) is 0 Å². The molecule has 1 aromatic heterocycles. The van der Waals surface area contributed by atoms with Gasteiger partial charge in [-0.25, -0.2) is 4.68 Å². The van der Waals surface area contributed by atoms with Gasteiger partial charge in [0.15, 0.2) is 0 Å². The van der Waals surface area contributed by atoms with Crippen LogP contribution in [0.4, 0.5) is 0 Å². The maximum absolute atomic E-state index is 4.36. The molecular formula is C11H10Br2N2. The maximum atomic E-state index is 4.36. The summed E-state index contributed by atoms with van der Waals surface area (Å²) < 4.78 is 2.97. The van der Waals surface area contributed by atoms with Gasteiger partial charge in [0.1, 0.15) is 0 Å². The molecule has 0 saturated carbocycles. The number of hydrogen-bond donors (Lipinski definition) is 0. The van der Waals surface area contributed by atoms with Crippen molar-refractivity contribution in [2.45, 2.75) is 12.3 Å². The van der Waals surface area contributed by atoms with E-state index in [0.717, 1.165) is 21.2 Å². The van der Waals surface area contributed by atoms with Crippen molar-refractivity contribution in [3.8, 4) is 5.69 Å². The smallest absolute Gasteiger partial charge is 0.0657 e. The zero-order chi connectivity index (χ0) is 10.8. The predicted molar refractivity (Wildman–Crippen MR) is 68.6 cm³/mol. The van der Waals surface area contributed by atoms with Crippen LogP contribution in [0.15, 0.2) is 34.9 Å². The van der Waals surface area contributed by atoms with Gasteiger partial charge in [-0.2, -0.15) is 5.10 Å². The quantitative estimate of drug-likeness (QED) is 0.765. The van der Waals surface area contributed by atoms with Crippen LogP contribution in [0, 0.1) is 6.92 Å². The molecule has 1 heterocycles. The lowest BCUT2D eigenvalue weighted by molar-refractivity contribution is 0.861. The summed E-state index contributed by atoms with van der Waals surface area (Å²) in [5.41, 5.74) is 3.33. The molecule has 0 aliphatic rings. The van der Waals surface area contributed by atoms with Crippen LogP contribution in [0.25, 0.3) is 5.69 Å². The zero-order valence-corrected chi connectivity index (χ0v) is 11.4. The third-order valence-corrected chi connectivity index (χ3v) is 3.51. The summed E-state index contributed by atoms with van der Waals surface area (Å²) in [6.07, 6.45) is 1.96. The summed E-state index contributed by atoms with van der Waals surface area (Å²) in [4.78, 5) is 0. The first-order valence-electron chi connectivity index (χ1n) is 4.58. The van der Waals surface area contributed by atoms with E-state index >= 15 is 0 Å². The minimum atomic E-state index is 0.853. The normalized spacial score (nSPS) is 10.6. The SMILES string of the molecule is Cc1ccn(-c2ccc(CBr)c(Br)c2)n1. The second kappa shape index (κ2) is 4.49. The second-order valence-electron chi connectivity index (χ2n) is 3.31. The van der Waals surface area contributed by atoms with Gasteiger partial charge in [0.25, 0.3) is 0 Å². The fourth-order valence-corrected chi connectivity index (χ4v) is 2.72. The first kappa shape index (κ1) is 10.9. The number of aryl methyl sites for hydroxylation is 1. The molecule has 0 fully saturated rings. The Morgan fingerprint density at radius 2 is 2.13 bits per heavy atom. The van der Waals surface area contributed by atoms with Gasteiger partial charge in [0, 0.05) is 16.0 Å². The van der Waals surface area contributed by atoms with E-state index in [1.165, 1.54) is 5.56 Å². The van der Waals surface area contributed by atoms with E-state index in [1.54, 1.807) is 0 Å². The van der Waals surface area contributed by atoms with Crippen molar-refractivity contribution in [2.75, 3.05) is 0 Å². The highest BCUT2D eigenvalue weighted by atomic mass is 79.9. The number of benzene rings is 1. The molecule has 0 bridgehead atoms. The monoisotopic (exact) mass is 328 g/mol. The van der Waals surface area contributed by atoms with Crippen molar-refractivity contribution in [3.63, 3.8) is 0 Å². The molecule has 0 aliphatic heterocycles. The average Bonchev–Trinajstić information content (AvgIpc) is 2.65. The first-order chi connectivity index (χ1) is 7.20. The number of aromatic nitrogens is 2. The lowest BCUT2D eigenvalue weighted by atomic mass is 10.2. The molecule has 0 radical (unpaired) electrons. The first-order valence-corrected chi connectivity index (χ1v) is 6.49. The highest BCUT2D eigenvalue weighted by molar-refractivity contribution is 9.10. The Labute approximate surface area is 106 Å². The largest absolute Gasteiger partial charge is 0.241 e. The molecule has 2 rings (SSSR count). The number of rotatable bonds is 2. The van der Waals surface area contributed by atoms with Crippen molar-refractivity contribution in [2.24, 2.45) is 0 Å². The minimum absolute atomic E-state index is 0.853. The number of alkyl halides is 1. The van der Waals surface area contributed by atoms with Crippen LogP contribution < -0.4 is 0 Å². The summed E-state index contributed by atoms with van der Waals surface area (Å²) >= 11 is 6.98. The van der Waals surface area contributed by atoms with E-state index < -0.39 is 0 Å². The Hall–Kier alpha value is -0.610. The number of hydrogen-bond acceptors (Lipinski definition) is 1. The summed E-state index contributed by atoms with van der Waals surface area (Å²) in [5.74, 6) is 0. The van der Waals surface area contributed by atoms with Crippen molar-refractivity contribution in [1.82, 2.24) is 9.78 Å². The molecule has 0 spiro atoms. The van der Waals surface area contributed by atoms with E-state index in [4.69, 9.17) is 0 Å². The van der Waals surface area contributed by atoms with Gasteiger partial charge in [-0.1, -0.05) is 37.9 Å². The summed E-state index contributed by atoms with van der Waals surface area (Å²) in [6, 6.07) is 8.22. The minimum Gasteiger partial charge on any atom is -0.241 e. The highest BCUT2D eigenvalue weighted by Gasteiger charge is 2.02. The summed E-state index contributed by atoms with van der Waals surface area (Å²) in [6.45, 7) is 1.98. The Morgan fingerprint density at radius 1 is 1.33 bits per heavy atom. The Morgan fingerprint density at radius 3 is 2.67 bits per heavy atom. The third kappa shape index (κ3) is 2.32. The van der Waals surface area contributed by atoms with Gasteiger partial charge >= 0.3 is 0 Å². The van der Waals surface area contributed by atoms with Gasteiger partial charge in [-0.15, -0.1) is 0 Å². The molecule has 2 aromatic rings. The molecular weight excluding hydrogens is 320 g/mol. The van der Waals surface area contributed by atoms with E-state index in [-0.39, 0.29) is 0 Å². The molecule has 0 saturated heterocycles. The van der Waals surface area contributed by atoms with Gasteiger partial charge in [-0.3, -0.25) is 0 Å². The van der Waals surface area contributed by atoms with Crippen molar-refractivity contribution in [3.05, 3.63) is 46.2 Å². The van der Waals surface area contributed by atoms with Crippen LogP contribution >= 0.6 is 31.9 Å². The molecule has 0 amide bonds. The number of halogens is 2. The van der Waals surface area contributed by atoms with Gasteiger partial charge in [0.2, 0.25) is 0 Å². The fourth-order valence-electron chi connectivity index (χ4n) is 1.35. The Bertz CT molecular complexity index is 477. The molecule has 15 heavy (non-hydrogen) atoms. The second-order valence-corrected chi connectivity index (χ2v) is 4.73. The van der Waals surface area contributed by atoms with Crippen LogP contribution in [0.2, 0.25) is 0 Å². The van der Waals surface area contributed by atoms with Crippen LogP contribution in [-0.2, 0) is 5.33 Å².